The van der Waals surface area contributed by atoms with Crippen LogP contribution in [-0.4, -0.2) is 41.0 Å². The largest absolute Gasteiger partial charge is 0.394 e. The van der Waals surface area contributed by atoms with Crippen LogP contribution in [0.25, 0.3) is 0 Å². The highest BCUT2D eigenvalue weighted by Crippen LogP contribution is 2.11. The molecule has 0 bridgehead atoms. The Bertz CT molecular complexity index is 307. The van der Waals surface area contributed by atoms with Crippen molar-refractivity contribution in [3.63, 3.8) is 0 Å². The summed E-state index contributed by atoms with van der Waals surface area (Å²) >= 11 is 0. The first-order chi connectivity index (χ1) is 7.76. The zero-order chi connectivity index (χ0) is 11.8. The van der Waals surface area contributed by atoms with Crippen LogP contribution < -0.4 is 10.6 Å². The molecule has 0 spiro atoms. The van der Waals surface area contributed by atoms with E-state index in [0.717, 1.165) is 24.5 Å². The van der Waals surface area contributed by atoms with Gasteiger partial charge in [-0.1, -0.05) is 6.92 Å². The third-order valence-electron chi connectivity index (χ3n) is 2.07. The Hall–Kier alpha value is -1.33. The number of pyridine rings is 1. The number of nitrogens with one attached hydrogen (secondary N) is 2. The average molecular weight is 225 g/mol. The van der Waals surface area contributed by atoms with E-state index in [1.807, 2.05) is 12.1 Å². The van der Waals surface area contributed by atoms with Crippen LogP contribution in [0.15, 0.2) is 18.3 Å². The van der Waals surface area contributed by atoms with Gasteiger partial charge in [-0.3, -0.25) is 0 Å². The van der Waals surface area contributed by atoms with Gasteiger partial charge >= 0.3 is 0 Å². The van der Waals surface area contributed by atoms with Crippen molar-refractivity contribution in [3.05, 3.63) is 18.3 Å². The van der Waals surface area contributed by atoms with Gasteiger partial charge in [-0.2, -0.15) is 0 Å². The van der Waals surface area contributed by atoms with E-state index in [1.165, 1.54) is 0 Å². The van der Waals surface area contributed by atoms with Crippen molar-refractivity contribution >= 4 is 11.5 Å². The maximum atomic E-state index is 9.19. The van der Waals surface area contributed by atoms with Crippen LogP contribution in [0.1, 0.15) is 13.3 Å². The monoisotopic (exact) mass is 225 g/mol. The van der Waals surface area contributed by atoms with E-state index < -0.39 is 6.10 Å². The molecule has 0 amide bonds. The molecular weight excluding hydrogens is 206 g/mol. The lowest BCUT2D eigenvalue weighted by Gasteiger charge is -2.11. The minimum Gasteiger partial charge on any atom is -0.394 e. The first-order valence-electron chi connectivity index (χ1n) is 5.49. The van der Waals surface area contributed by atoms with Gasteiger partial charge in [0.1, 0.15) is 5.82 Å². The summed E-state index contributed by atoms with van der Waals surface area (Å²) in [4.78, 5) is 4.16. The van der Waals surface area contributed by atoms with Gasteiger partial charge in [0, 0.05) is 31.0 Å². The Balaban J connectivity index is 2.46. The number of nitrogens with zero attached hydrogens (tertiary/aromatic N) is 1. The molecule has 1 rings (SSSR count). The van der Waals surface area contributed by atoms with Gasteiger partial charge in [-0.25, -0.2) is 4.98 Å². The van der Waals surface area contributed by atoms with E-state index in [1.54, 1.807) is 6.20 Å². The summed E-state index contributed by atoms with van der Waals surface area (Å²) in [6, 6.07) is 3.70. The fourth-order valence-electron chi connectivity index (χ4n) is 1.19. The highest BCUT2D eigenvalue weighted by molar-refractivity contribution is 5.51. The predicted octanol–water partition coefficient (Wildman–Crippen LogP) is 0.669. The summed E-state index contributed by atoms with van der Waals surface area (Å²) in [5, 5.41) is 24.1. The van der Waals surface area contributed by atoms with Crippen molar-refractivity contribution in [2.75, 3.05) is 30.3 Å². The molecule has 4 N–H and O–H groups in total. The fourth-order valence-corrected chi connectivity index (χ4v) is 1.19. The summed E-state index contributed by atoms with van der Waals surface area (Å²) in [5.41, 5.74) is 0.876. The van der Waals surface area contributed by atoms with Crippen LogP contribution in [0, 0.1) is 0 Å². The average Bonchev–Trinajstić information content (AvgIpc) is 2.34. The van der Waals surface area contributed by atoms with E-state index >= 15 is 0 Å². The zero-order valence-electron chi connectivity index (χ0n) is 9.48. The molecule has 1 heterocycles. The Morgan fingerprint density at radius 3 is 2.94 bits per heavy atom. The summed E-state index contributed by atoms with van der Waals surface area (Å²) in [6.07, 6.45) is 2.01. The standard InChI is InChI=1S/C11H19N3O2/c1-2-4-12-11-6-9(3-5-13-11)14-7-10(16)8-15/h3,5-6,10,15-16H,2,4,7-8H2,1H3,(H2,12,13,14). The molecule has 0 aliphatic heterocycles. The number of aliphatic hydroxyl groups excluding tert-OH is 2. The SMILES string of the molecule is CCCNc1cc(NCC(O)CO)ccn1. The molecule has 90 valence electrons. The molecule has 16 heavy (non-hydrogen) atoms. The van der Waals surface area contributed by atoms with Crippen LogP contribution >= 0.6 is 0 Å². The Labute approximate surface area is 95.5 Å². The van der Waals surface area contributed by atoms with Gasteiger partial charge in [0.25, 0.3) is 0 Å². The minimum atomic E-state index is -0.736. The third kappa shape index (κ3) is 4.46. The van der Waals surface area contributed by atoms with Crippen molar-refractivity contribution in [3.8, 4) is 0 Å². The third-order valence-corrected chi connectivity index (χ3v) is 2.07. The molecule has 0 saturated carbocycles. The van der Waals surface area contributed by atoms with Crippen molar-refractivity contribution in [1.82, 2.24) is 4.98 Å². The normalized spacial score (nSPS) is 12.2. The second-order valence-electron chi connectivity index (χ2n) is 3.57. The van der Waals surface area contributed by atoms with E-state index in [0.29, 0.717) is 6.54 Å². The highest BCUT2D eigenvalue weighted by atomic mass is 16.3. The topological polar surface area (TPSA) is 77.4 Å². The van der Waals surface area contributed by atoms with Crippen LogP contribution in [0.5, 0.6) is 0 Å². The smallest absolute Gasteiger partial charge is 0.127 e. The van der Waals surface area contributed by atoms with E-state index in [2.05, 4.69) is 22.5 Å². The number of aliphatic hydroxyl groups is 2. The molecular formula is C11H19N3O2. The van der Waals surface area contributed by atoms with Gasteiger partial charge in [0.15, 0.2) is 0 Å². The van der Waals surface area contributed by atoms with Gasteiger partial charge < -0.3 is 20.8 Å². The summed E-state index contributed by atoms with van der Waals surface area (Å²) in [7, 11) is 0. The molecule has 1 aromatic heterocycles. The van der Waals surface area contributed by atoms with Crippen LogP contribution in [0.2, 0.25) is 0 Å². The molecule has 1 unspecified atom stereocenters. The fraction of sp³-hybridized carbons (Fsp3) is 0.545. The second kappa shape index (κ2) is 7.03. The minimum absolute atomic E-state index is 0.237. The Morgan fingerprint density at radius 1 is 1.44 bits per heavy atom. The number of rotatable bonds is 7. The molecule has 0 fully saturated rings. The van der Waals surface area contributed by atoms with Crippen LogP contribution in [-0.2, 0) is 0 Å². The molecule has 5 nitrogen and oxygen atoms in total. The van der Waals surface area contributed by atoms with E-state index in [9.17, 15) is 5.11 Å². The molecule has 0 aliphatic rings. The number of anilines is 2. The highest BCUT2D eigenvalue weighted by Gasteiger charge is 2.01. The second-order valence-corrected chi connectivity index (χ2v) is 3.57. The molecule has 5 heteroatoms. The van der Waals surface area contributed by atoms with Crippen molar-refractivity contribution in [2.45, 2.75) is 19.4 Å². The van der Waals surface area contributed by atoms with Gasteiger partial charge in [0.2, 0.25) is 0 Å². The first-order valence-corrected chi connectivity index (χ1v) is 5.49. The van der Waals surface area contributed by atoms with Crippen molar-refractivity contribution < 1.29 is 10.2 Å². The molecule has 0 radical (unpaired) electrons. The molecule has 0 aliphatic carbocycles. The summed E-state index contributed by atoms with van der Waals surface area (Å²) in [6.45, 7) is 3.06. The van der Waals surface area contributed by atoms with Crippen LogP contribution in [0.3, 0.4) is 0 Å². The van der Waals surface area contributed by atoms with Gasteiger partial charge in [0.05, 0.1) is 12.7 Å². The molecule has 0 saturated heterocycles. The predicted molar refractivity (Wildman–Crippen MR) is 64.6 cm³/mol. The maximum absolute atomic E-state index is 9.19. The molecule has 0 aromatic carbocycles. The number of hydrogen-bond donors (Lipinski definition) is 4. The lowest BCUT2D eigenvalue weighted by atomic mass is 10.3. The molecule has 1 aromatic rings. The first kappa shape index (κ1) is 12.7. The van der Waals surface area contributed by atoms with Crippen molar-refractivity contribution in [2.24, 2.45) is 0 Å². The van der Waals surface area contributed by atoms with Crippen LogP contribution in [0.4, 0.5) is 11.5 Å². The summed E-state index contributed by atoms with van der Waals surface area (Å²) < 4.78 is 0. The lowest BCUT2D eigenvalue weighted by molar-refractivity contribution is 0.105. The number of hydrogen-bond acceptors (Lipinski definition) is 5. The molecule has 1 atom stereocenters. The Morgan fingerprint density at radius 2 is 2.25 bits per heavy atom. The zero-order valence-corrected chi connectivity index (χ0v) is 9.48. The Kier molecular flexibility index (Phi) is 5.60. The number of aromatic nitrogens is 1. The summed E-state index contributed by atoms with van der Waals surface area (Å²) in [5.74, 6) is 0.810. The lowest BCUT2D eigenvalue weighted by Crippen LogP contribution is -2.22. The van der Waals surface area contributed by atoms with Gasteiger partial charge in [-0.05, 0) is 12.5 Å². The van der Waals surface area contributed by atoms with E-state index in [4.69, 9.17) is 5.11 Å². The quantitative estimate of drug-likeness (QED) is 0.548. The van der Waals surface area contributed by atoms with Crippen molar-refractivity contribution in [1.29, 1.82) is 0 Å². The maximum Gasteiger partial charge on any atom is 0.127 e. The van der Waals surface area contributed by atoms with Gasteiger partial charge in [-0.15, -0.1) is 0 Å². The van der Waals surface area contributed by atoms with E-state index in [-0.39, 0.29) is 6.61 Å².